The average Bonchev–Trinajstić information content (AvgIpc) is 1.80. The number of nitrogens with one attached hydrogen (secondary N) is 1. The Balaban J connectivity index is 3.58. The highest BCUT2D eigenvalue weighted by molar-refractivity contribution is 5.76. The summed E-state index contributed by atoms with van der Waals surface area (Å²) < 4.78 is 0. The Morgan fingerprint density at radius 3 is 2.50 bits per heavy atom. The zero-order chi connectivity index (χ0) is 9.78. The van der Waals surface area contributed by atoms with Gasteiger partial charge in [0.05, 0.1) is 12.5 Å². The van der Waals surface area contributed by atoms with Crippen LogP contribution in [0.25, 0.3) is 0 Å². The smallest absolute Gasteiger partial charge is 0.222 e. The molecule has 0 bridgehead atoms. The van der Waals surface area contributed by atoms with Gasteiger partial charge in [0, 0.05) is 12.1 Å². The zero-order valence-corrected chi connectivity index (χ0v) is 7.92. The Kier molecular flexibility index (Phi) is 4.20. The maximum absolute atomic E-state index is 11.0. The van der Waals surface area contributed by atoms with Crippen LogP contribution in [-0.2, 0) is 4.79 Å². The lowest BCUT2D eigenvalue weighted by Crippen LogP contribution is -2.45. The Labute approximate surface area is 73.1 Å². The van der Waals surface area contributed by atoms with E-state index in [2.05, 4.69) is 5.32 Å². The van der Waals surface area contributed by atoms with Crippen LogP contribution in [0, 0.1) is 0 Å². The molecule has 4 N–H and O–H groups in total. The number of rotatable bonds is 4. The molecule has 4 nitrogen and oxygen atoms in total. The topological polar surface area (TPSA) is 75.3 Å². The predicted molar refractivity (Wildman–Crippen MR) is 47.6 cm³/mol. The van der Waals surface area contributed by atoms with Crippen molar-refractivity contribution < 1.29 is 9.90 Å². The molecule has 0 rings (SSSR count). The summed E-state index contributed by atoms with van der Waals surface area (Å²) >= 11 is 0. The molecule has 0 radical (unpaired) electrons. The molecule has 4 heteroatoms. The maximum atomic E-state index is 11.0. The first-order valence-corrected chi connectivity index (χ1v) is 4.05. The molecule has 12 heavy (non-hydrogen) atoms. The molecule has 1 atom stereocenters. The molecule has 0 saturated carbocycles. The van der Waals surface area contributed by atoms with E-state index < -0.39 is 11.6 Å². The predicted octanol–water partition coefficient (Wildman–Crippen LogP) is -0.389. The van der Waals surface area contributed by atoms with Crippen LogP contribution in [0.5, 0.6) is 0 Å². The molecule has 0 aromatic carbocycles. The Bertz CT molecular complexity index is 150. The number of hydrogen-bond acceptors (Lipinski definition) is 3. The van der Waals surface area contributed by atoms with Gasteiger partial charge in [-0.3, -0.25) is 4.79 Å². The van der Waals surface area contributed by atoms with E-state index in [1.165, 1.54) is 0 Å². The molecule has 0 aliphatic carbocycles. The van der Waals surface area contributed by atoms with Crippen molar-refractivity contribution in [1.82, 2.24) is 5.32 Å². The average molecular weight is 174 g/mol. The Hall–Kier alpha value is -0.610. The minimum absolute atomic E-state index is 0.135. The van der Waals surface area contributed by atoms with E-state index in [0.717, 1.165) is 0 Å². The van der Waals surface area contributed by atoms with Crippen molar-refractivity contribution in [3.63, 3.8) is 0 Å². The fourth-order valence-electron chi connectivity index (χ4n) is 0.667. The summed E-state index contributed by atoms with van der Waals surface area (Å²) in [5, 5.41) is 11.5. The molecule has 0 aromatic rings. The molecule has 0 aromatic heterocycles. The molecule has 0 heterocycles. The second-order valence-corrected chi connectivity index (χ2v) is 3.82. The third-order valence-electron chi connectivity index (χ3n) is 1.22. The minimum atomic E-state index is -0.592. The van der Waals surface area contributed by atoms with Crippen LogP contribution in [0.3, 0.4) is 0 Å². The number of amides is 1. The van der Waals surface area contributed by atoms with Gasteiger partial charge in [0.15, 0.2) is 0 Å². The van der Waals surface area contributed by atoms with Crippen molar-refractivity contribution in [1.29, 1.82) is 0 Å². The molecule has 0 spiro atoms. The van der Waals surface area contributed by atoms with Crippen molar-refractivity contribution >= 4 is 5.91 Å². The van der Waals surface area contributed by atoms with Gasteiger partial charge in [-0.25, -0.2) is 0 Å². The Morgan fingerprint density at radius 1 is 1.67 bits per heavy atom. The normalized spacial score (nSPS) is 14.1. The molecule has 0 saturated heterocycles. The summed E-state index contributed by atoms with van der Waals surface area (Å²) in [5.74, 6) is -0.163. The van der Waals surface area contributed by atoms with Gasteiger partial charge in [0.25, 0.3) is 0 Å². The van der Waals surface area contributed by atoms with Crippen LogP contribution in [0.1, 0.15) is 27.2 Å². The minimum Gasteiger partial charge on any atom is -0.393 e. The largest absolute Gasteiger partial charge is 0.393 e. The van der Waals surface area contributed by atoms with E-state index in [4.69, 9.17) is 10.8 Å². The van der Waals surface area contributed by atoms with Gasteiger partial charge < -0.3 is 16.2 Å². The summed E-state index contributed by atoms with van der Waals surface area (Å²) in [7, 11) is 0. The molecule has 0 aliphatic rings. The van der Waals surface area contributed by atoms with Crippen LogP contribution in [0.2, 0.25) is 0 Å². The molecular formula is C8H18N2O2. The van der Waals surface area contributed by atoms with Crippen molar-refractivity contribution in [2.75, 3.05) is 6.54 Å². The molecule has 72 valence electrons. The first-order valence-electron chi connectivity index (χ1n) is 4.05. The summed E-state index contributed by atoms with van der Waals surface area (Å²) in [6, 6.07) is 0. The second-order valence-electron chi connectivity index (χ2n) is 3.82. The number of hydrogen-bond donors (Lipinski definition) is 3. The molecule has 1 amide bonds. The van der Waals surface area contributed by atoms with Gasteiger partial charge in [0.2, 0.25) is 5.91 Å². The molecule has 0 aliphatic heterocycles. The number of aliphatic hydroxyl groups excluding tert-OH is 1. The first-order chi connectivity index (χ1) is 5.31. The standard InChI is InChI=1S/C8H18N2O2/c1-6(11)4-7(12)10-5-8(2,3)9/h6,11H,4-5,9H2,1-3H3,(H,10,12). The molecule has 1 unspecified atom stereocenters. The van der Waals surface area contributed by atoms with Crippen LogP contribution in [0.15, 0.2) is 0 Å². The fourth-order valence-corrected chi connectivity index (χ4v) is 0.667. The maximum Gasteiger partial charge on any atom is 0.222 e. The lowest BCUT2D eigenvalue weighted by atomic mass is 10.1. The second kappa shape index (κ2) is 4.42. The van der Waals surface area contributed by atoms with Crippen LogP contribution in [0.4, 0.5) is 0 Å². The van der Waals surface area contributed by atoms with Gasteiger partial charge in [-0.05, 0) is 20.8 Å². The van der Waals surface area contributed by atoms with Crippen LogP contribution >= 0.6 is 0 Å². The third-order valence-corrected chi connectivity index (χ3v) is 1.22. The third kappa shape index (κ3) is 7.50. The highest BCUT2D eigenvalue weighted by atomic mass is 16.3. The monoisotopic (exact) mass is 174 g/mol. The van der Waals surface area contributed by atoms with Gasteiger partial charge >= 0.3 is 0 Å². The van der Waals surface area contributed by atoms with E-state index in [1.54, 1.807) is 6.92 Å². The van der Waals surface area contributed by atoms with Gasteiger partial charge in [0.1, 0.15) is 0 Å². The fraction of sp³-hybridized carbons (Fsp3) is 0.875. The number of aliphatic hydroxyl groups is 1. The van der Waals surface area contributed by atoms with E-state index >= 15 is 0 Å². The van der Waals surface area contributed by atoms with Gasteiger partial charge in [-0.15, -0.1) is 0 Å². The van der Waals surface area contributed by atoms with E-state index in [9.17, 15) is 4.79 Å². The van der Waals surface area contributed by atoms with E-state index in [0.29, 0.717) is 6.54 Å². The van der Waals surface area contributed by atoms with Crippen molar-refractivity contribution in [3.05, 3.63) is 0 Å². The zero-order valence-electron chi connectivity index (χ0n) is 7.92. The Morgan fingerprint density at radius 2 is 2.17 bits per heavy atom. The summed E-state index contributed by atoms with van der Waals surface area (Å²) in [6.07, 6.45) is -0.457. The first kappa shape index (κ1) is 11.4. The van der Waals surface area contributed by atoms with Gasteiger partial charge in [-0.2, -0.15) is 0 Å². The summed E-state index contributed by atoms with van der Waals surface area (Å²) in [6.45, 7) is 5.66. The lowest BCUT2D eigenvalue weighted by Gasteiger charge is -2.19. The quantitative estimate of drug-likeness (QED) is 0.543. The van der Waals surface area contributed by atoms with Crippen molar-refractivity contribution in [2.24, 2.45) is 5.73 Å². The van der Waals surface area contributed by atoms with Crippen LogP contribution in [-0.4, -0.2) is 29.2 Å². The number of carbonyl (C=O) groups is 1. The van der Waals surface area contributed by atoms with Crippen molar-refractivity contribution in [2.45, 2.75) is 38.8 Å². The van der Waals surface area contributed by atoms with Crippen molar-refractivity contribution in [3.8, 4) is 0 Å². The summed E-state index contributed by atoms with van der Waals surface area (Å²) in [4.78, 5) is 11.0. The number of carbonyl (C=O) groups excluding carboxylic acids is 1. The van der Waals surface area contributed by atoms with Crippen LogP contribution < -0.4 is 11.1 Å². The lowest BCUT2D eigenvalue weighted by molar-refractivity contribution is -0.122. The van der Waals surface area contributed by atoms with Gasteiger partial charge in [-0.1, -0.05) is 0 Å². The van der Waals surface area contributed by atoms with E-state index in [-0.39, 0.29) is 12.3 Å². The summed E-state index contributed by atoms with van der Waals surface area (Å²) in [5.41, 5.74) is 5.24. The molecule has 0 fully saturated rings. The SMILES string of the molecule is CC(O)CC(=O)NCC(C)(C)N. The molecular weight excluding hydrogens is 156 g/mol. The highest BCUT2D eigenvalue weighted by Gasteiger charge is 2.12. The number of nitrogens with two attached hydrogens (primary N) is 1. The highest BCUT2D eigenvalue weighted by Crippen LogP contribution is 1.94. The van der Waals surface area contributed by atoms with E-state index in [1.807, 2.05) is 13.8 Å².